The van der Waals surface area contributed by atoms with Crippen LogP contribution in [0.1, 0.15) is 5.69 Å². The Morgan fingerprint density at radius 1 is 1.17 bits per heavy atom. The first-order valence-electron chi connectivity index (χ1n) is 9.48. The molecule has 0 radical (unpaired) electrons. The fourth-order valence-corrected chi connectivity index (χ4v) is 3.51. The summed E-state index contributed by atoms with van der Waals surface area (Å²) in [7, 11) is 0. The van der Waals surface area contributed by atoms with Gasteiger partial charge in [-0.2, -0.15) is 0 Å². The molecule has 2 aliphatic heterocycles. The highest BCUT2D eigenvalue weighted by molar-refractivity contribution is 7.80. The zero-order valence-electron chi connectivity index (χ0n) is 16.1. The molecule has 2 aromatic rings. The Bertz CT molecular complexity index is 940. The van der Waals surface area contributed by atoms with Crippen molar-refractivity contribution >= 4 is 40.8 Å². The van der Waals surface area contributed by atoms with Gasteiger partial charge in [-0.15, -0.1) is 0 Å². The van der Waals surface area contributed by atoms with Gasteiger partial charge in [0.1, 0.15) is 12.7 Å². The number of hydrogen-bond acceptors (Lipinski definition) is 7. The number of pyridine rings is 1. The summed E-state index contributed by atoms with van der Waals surface area (Å²) in [6.07, 6.45) is 0.265. The summed E-state index contributed by atoms with van der Waals surface area (Å²) in [6.45, 7) is 1.59. The first-order valence-corrected chi connectivity index (χ1v) is 9.89. The monoisotopic (exact) mass is 427 g/mol. The number of nitrogens with one attached hydrogen (secondary N) is 1. The molecule has 2 atom stereocenters. The smallest absolute Gasteiger partial charge is 0.414 e. The molecular formula is C20H21N5O4S. The maximum absolute atomic E-state index is 12.4. The van der Waals surface area contributed by atoms with E-state index in [2.05, 4.69) is 10.3 Å². The molecule has 1 unspecified atom stereocenters. The van der Waals surface area contributed by atoms with E-state index in [-0.39, 0.29) is 12.6 Å². The number of thiocarbonyl (C=S) groups is 1. The molecule has 3 N–H and O–H groups in total. The predicted molar refractivity (Wildman–Crippen MR) is 114 cm³/mol. The van der Waals surface area contributed by atoms with E-state index in [0.29, 0.717) is 36.1 Å². The van der Waals surface area contributed by atoms with Crippen molar-refractivity contribution in [3.05, 3.63) is 54.4 Å². The van der Waals surface area contributed by atoms with Crippen molar-refractivity contribution in [2.24, 2.45) is 5.73 Å². The number of benzene rings is 1. The zero-order valence-corrected chi connectivity index (χ0v) is 16.9. The molecule has 3 heterocycles. The molecule has 2 fully saturated rings. The maximum Gasteiger partial charge on any atom is 0.414 e. The molecule has 9 nitrogen and oxygen atoms in total. The normalized spacial score (nSPS) is 19.4. The van der Waals surface area contributed by atoms with Gasteiger partial charge in [0.2, 0.25) is 0 Å². The van der Waals surface area contributed by atoms with E-state index in [1.165, 1.54) is 9.80 Å². The van der Waals surface area contributed by atoms with Crippen molar-refractivity contribution in [3.8, 4) is 0 Å². The Morgan fingerprint density at radius 3 is 2.53 bits per heavy atom. The number of amides is 2. The molecule has 1 aromatic carbocycles. The number of hydrogen-bond donors (Lipinski definition) is 2. The lowest BCUT2D eigenvalue weighted by atomic mass is 10.1. The molecule has 2 amide bonds. The summed E-state index contributed by atoms with van der Waals surface area (Å²) in [4.78, 5) is 31.7. The lowest BCUT2D eigenvalue weighted by Crippen LogP contribution is -2.48. The number of nitrogens with two attached hydrogens (primary N) is 1. The summed E-state index contributed by atoms with van der Waals surface area (Å²) in [5.74, 6) is 0. The number of cyclic esters (lactones) is 2. The van der Waals surface area contributed by atoms with Gasteiger partial charge in [-0.05, 0) is 36.4 Å². The molecule has 0 aliphatic carbocycles. The molecule has 1 aromatic heterocycles. The Hall–Kier alpha value is -3.24. The summed E-state index contributed by atoms with van der Waals surface area (Å²) >= 11 is 5.37. The Kier molecular flexibility index (Phi) is 5.77. The Labute approximate surface area is 178 Å². The van der Waals surface area contributed by atoms with Gasteiger partial charge in [-0.1, -0.05) is 18.3 Å². The van der Waals surface area contributed by atoms with Crippen LogP contribution in [0.2, 0.25) is 0 Å². The summed E-state index contributed by atoms with van der Waals surface area (Å²) in [5.41, 5.74) is 8.42. The molecule has 30 heavy (non-hydrogen) atoms. The topological polar surface area (TPSA) is 110 Å². The molecule has 2 aliphatic rings. The number of carbonyl (C=O) groups excluding carboxylic acids is 2. The SMILES string of the molecule is NC(C(=S)NCc1ccccn1)[C@@H]1CN(c2ccc(N3CCOC3=O)cc2)C(=O)O1. The molecule has 156 valence electrons. The first-order chi connectivity index (χ1) is 14.5. The van der Waals surface area contributed by atoms with Gasteiger partial charge in [0.15, 0.2) is 0 Å². The van der Waals surface area contributed by atoms with Crippen LogP contribution in [0.3, 0.4) is 0 Å². The van der Waals surface area contributed by atoms with Gasteiger partial charge in [0.25, 0.3) is 0 Å². The highest BCUT2D eigenvalue weighted by atomic mass is 32.1. The molecular weight excluding hydrogens is 406 g/mol. The molecule has 0 spiro atoms. The van der Waals surface area contributed by atoms with E-state index in [1.807, 2.05) is 18.2 Å². The van der Waals surface area contributed by atoms with Crippen molar-refractivity contribution in [1.82, 2.24) is 10.3 Å². The second-order valence-corrected chi connectivity index (χ2v) is 7.32. The van der Waals surface area contributed by atoms with Crippen LogP contribution in [0.25, 0.3) is 0 Å². The lowest BCUT2D eigenvalue weighted by Gasteiger charge is -2.20. The second kappa shape index (κ2) is 8.64. The molecule has 4 rings (SSSR count). The van der Waals surface area contributed by atoms with Crippen LogP contribution in [-0.2, 0) is 16.0 Å². The number of carbonyl (C=O) groups is 2. The number of ether oxygens (including phenoxy) is 2. The average molecular weight is 427 g/mol. The third kappa shape index (κ3) is 4.19. The van der Waals surface area contributed by atoms with Crippen molar-refractivity contribution in [3.63, 3.8) is 0 Å². The van der Waals surface area contributed by atoms with Gasteiger partial charge >= 0.3 is 12.2 Å². The minimum Gasteiger partial charge on any atom is -0.447 e. The van der Waals surface area contributed by atoms with Gasteiger partial charge in [-0.25, -0.2) is 9.59 Å². The number of nitrogens with zero attached hydrogens (tertiary/aromatic N) is 3. The first kappa shape index (κ1) is 20.0. The van der Waals surface area contributed by atoms with Gasteiger partial charge in [0, 0.05) is 17.6 Å². The fraction of sp³-hybridized carbons (Fsp3) is 0.300. The van der Waals surface area contributed by atoms with Gasteiger partial charge in [-0.3, -0.25) is 14.8 Å². The number of anilines is 2. The highest BCUT2D eigenvalue weighted by Crippen LogP contribution is 2.26. The van der Waals surface area contributed by atoms with Gasteiger partial charge in [0.05, 0.1) is 36.4 Å². The van der Waals surface area contributed by atoms with Crippen molar-refractivity contribution in [1.29, 1.82) is 0 Å². The standard InChI is InChI=1S/C20H21N5O4S/c21-17(18(30)23-11-13-3-1-2-8-22-13)16-12-25(20(27)29-16)15-6-4-14(5-7-15)24-9-10-28-19(24)26/h1-8,16-17H,9-12,21H2,(H,23,30)/t16-,17?/m0/s1. The minimum absolute atomic E-state index is 0.274. The second-order valence-electron chi connectivity index (χ2n) is 6.88. The largest absolute Gasteiger partial charge is 0.447 e. The lowest BCUT2D eigenvalue weighted by molar-refractivity contribution is 0.137. The predicted octanol–water partition coefficient (Wildman–Crippen LogP) is 1.81. The quantitative estimate of drug-likeness (QED) is 0.672. The van der Waals surface area contributed by atoms with Crippen molar-refractivity contribution < 1.29 is 19.1 Å². The number of aromatic nitrogens is 1. The average Bonchev–Trinajstić information content (AvgIpc) is 3.38. The Morgan fingerprint density at radius 2 is 1.90 bits per heavy atom. The summed E-state index contributed by atoms with van der Waals surface area (Å²) < 4.78 is 10.4. The molecule has 10 heteroatoms. The summed E-state index contributed by atoms with van der Waals surface area (Å²) in [6, 6.07) is 12.0. The van der Waals surface area contributed by atoms with E-state index < -0.39 is 18.2 Å². The fourth-order valence-electron chi connectivity index (χ4n) is 3.29. The van der Waals surface area contributed by atoms with Crippen molar-refractivity contribution in [2.75, 3.05) is 29.5 Å². The maximum atomic E-state index is 12.4. The summed E-state index contributed by atoms with van der Waals surface area (Å²) in [5, 5.41) is 3.07. The van der Waals surface area contributed by atoms with Crippen LogP contribution in [0.15, 0.2) is 48.7 Å². The third-order valence-corrected chi connectivity index (χ3v) is 5.36. The van der Waals surface area contributed by atoms with Crippen LogP contribution in [-0.4, -0.2) is 54.0 Å². The molecule has 2 saturated heterocycles. The van der Waals surface area contributed by atoms with E-state index in [0.717, 1.165) is 5.69 Å². The number of rotatable bonds is 6. The van der Waals surface area contributed by atoms with Crippen LogP contribution >= 0.6 is 12.2 Å². The third-order valence-electron chi connectivity index (χ3n) is 4.94. The van der Waals surface area contributed by atoms with E-state index in [9.17, 15) is 9.59 Å². The minimum atomic E-state index is -0.642. The molecule has 0 saturated carbocycles. The Balaban J connectivity index is 1.36. The highest BCUT2D eigenvalue weighted by Gasteiger charge is 2.37. The van der Waals surface area contributed by atoms with E-state index >= 15 is 0 Å². The zero-order chi connectivity index (χ0) is 21.1. The van der Waals surface area contributed by atoms with Crippen LogP contribution in [0, 0.1) is 0 Å². The van der Waals surface area contributed by atoms with Crippen molar-refractivity contribution in [2.45, 2.75) is 18.7 Å². The molecule has 0 bridgehead atoms. The van der Waals surface area contributed by atoms with E-state index in [1.54, 1.807) is 30.5 Å². The van der Waals surface area contributed by atoms with Gasteiger partial charge < -0.3 is 20.5 Å². The van der Waals surface area contributed by atoms with Crippen LogP contribution in [0.5, 0.6) is 0 Å². The van der Waals surface area contributed by atoms with Crippen LogP contribution < -0.4 is 20.9 Å². The van der Waals surface area contributed by atoms with Crippen LogP contribution in [0.4, 0.5) is 21.0 Å². The van der Waals surface area contributed by atoms with E-state index in [4.69, 9.17) is 27.4 Å².